The van der Waals surface area contributed by atoms with E-state index in [0.717, 1.165) is 31.9 Å². The van der Waals surface area contributed by atoms with E-state index in [1.54, 1.807) is 48.5 Å². The van der Waals surface area contributed by atoms with Crippen molar-refractivity contribution in [1.82, 2.24) is 5.32 Å². The molecule has 2 aromatic rings. The summed E-state index contributed by atoms with van der Waals surface area (Å²) in [7, 11) is -3.60. The van der Waals surface area contributed by atoms with Crippen molar-refractivity contribution < 1.29 is 8.42 Å². The molecule has 130 valence electrons. The van der Waals surface area contributed by atoms with Crippen LogP contribution in [-0.4, -0.2) is 34.6 Å². The molecule has 4 N–H and O–H groups in total. The van der Waals surface area contributed by atoms with Crippen LogP contribution in [0, 0.1) is 0 Å². The van der Waals surface area contributed by atoms with Crippen molar-refractivity contribution in [3.05, 3.63) is 48.5 Å². The Morgan fingerprint density at radius 1 is 1.04 bits per heavy atom. The maximum Gasteiger partial charge on any atom is 0.261 e. The van der Waals surface area contributed by atoms with Crippen LogP contribution >= 0.6 is 12.4 Å². The Morgan fingerprint density at radius 2 is 1.71 bits per heavy atom. The van der Waals surface area contributed by atoms with Crippen molar-refractivity contribution in [2.75, 3.05) is 41.5 Å². The summed E-state index contributed by atoms with van der Waals surface area (Å²) >= 11 is 0. The predicted octanol–water partition coefficient (Wildman–Crippen LogP) is 1.90. The van der Waals surface area contributed by atoms with Crippen LogP contribution in [0.25, 0.3) is 0 Å². The molecular weight excluding hydrogens is 348 g/mol. The Hall–Kier alpha value is -1.96. The Morgan fingerprint density at radius 3 is 2.38 bits per heavy atom. The van der Waals surface area contributed by atoms with E-state index in [1.165, 1.54) is 0 Å². The van der Waals surface area contributed by atoms with Gasteiger partial charge in [0.1, 0.15) is 0 Å². The van der Waals surface area contributed by atoms with Crippen molar-refractivity contribution in [1.29, 1.82) is 0 Å². The number of nitrogens with zero attached hydrogens (tertiary/aromatic N) is 1. The minimum absolute atomic E-state index is 0. The van der Waals surface area contributed by atoms with E-state index in [9.17, 15) is 8.42 Å². The first-order valence-electron chi connectivity index (χ1n) is 7.49. The number of hydrogen-bond donors (Lipinski definition) is 3. The molecule has 0 bridgehead atoms. The van der Waals surface area contributed by atoms with Crippen LogP contribution in [0.5, 0.6) is 0 Å². The number of nitrogens with one attached hydrogen (secondary N) is 2. The molecule has 0 saturated carbocycles. The van der Waals surface area contributed by atoms with Crippen molar-refractivity contribution in [3.63, 3.8) is 0 Å². The van der Waals surface area contributed by atoms with Gasteiger partial charge in [0.05, 0.1) is 22.0 Å². The fraction of sp³-hybridized carbons (Fsp3) is 0.250. The molecule has 0 aromatic heterocycles. The highest BCUT2D eigenvalue weighted by Crippen LogP contribution is 2.28. The monoisotopic (exact) mass is 368 g/mol. The van der Waals surface area contributed by atoms with Gasteiger partial charge in [0.25, 0.3) is 10.0 Å². The lowest BCUT2D eigenvalue weighted by Crippen LogP contribution is -2.43. The van der Waals surface area contributed by atoms with Gasteiger partial charge in [-0.05, 0) is 30.3 Å². The Balaban J connectivity index is 0.00000208. The highest BCUT2D eigenvalue weighted by atomic mass is 35.5. The molecule has 1 fully saturated rings. The van der Waals surface area contributed by atoms with Crippen LogP contribution < -0.4 is 20.7 Å². The molecule has 0 atom stereocenters. The number of anilines is 3. The van der Waals surface area contributed by atoms with Crippen LogP contribution in [0.1, 0.15) is 0 Å². The summed E-state index contributed by atoms with van der Waals surface area (Å²) in [4.78, 5) is 2.40. The first-order valence-corrected chi connectivity index (χ1v) is 8.98. The number of halogens is 1. The third-order valence-corrected chi connectivity index (χ3v) is 5.19. The lowest BCUT2D eigenvalue weighted by Gasteiger charge is -2.30. The van der Waals surface area contributed by atoms with Crippen molar-refractivity contribution in [2.45, 2.75) is 4.90 Å². The molecule has 1 saturated heterocycles. The molecule has 0 unspecified atom stereocenters. The zero-order valence-corrected chi connectivity index (χ0v) is 14.7. The van der Waals surface area contributed by atoms with Gasteiger partial charge >= 0.3 is 0 Å². The molecule has 6 nitrogen and oxygen atoms in total. The Labute approximate surface area is 148 Å². The first-order chi connectivity index (χ1) is 11.1. The Kier molecular flexibility index (Phi) is 5.93. The van der Waals surface area contributed by atoms with E-state index in [4.69, 9.17) is 5.73 Å². The summed E-state index contributed by atoms with van der Waals surface area (Å²) < 4.78 is 27.4. The van der Waals surface area contributed by atoms with Gasteiger partial charge in [-0.2, -0.15) is 0 Å². The van der Waals surface area contributed by atoms with Gasteiger partial charge in [0, 0.05) is 26.2 Å². The predicted molar refractivity (Wildman–Crippen MR) is 100 cm³/mol. The topological polar surface area (TPSA) is 87.5 Å². The maximum absolute atomic E-state index is 12.4. The molecule has 0 spiro atoms. The van der Waals surface area contributed by atoms with Crippen molar-refractivity contribution in [2.24, 2.45) is 0 Å². The Bertz CT molecular complexity index is 778. The molecular formula is C16H21ClN4O2S. The number of rotatable bonds is 4. The van der Waals surface area contributed by atoms with Gasteiger partial charge in [-0.3, -0.25) is 4.72 Å². The normalized spacial score (nSPS) is 14.8. The van der Waals surface area contributed by atoms with Crippen molar-refractivity contribution >= 4 is 39.5 Å². The molecule has 3 rings (SSSR count). The molecule has 24 heavy (non-hydrogen) atoms. The van der Waals surface area contributed by atoms with E-state index in [-0.39, 0.29) is 17.3 Å². The smallest absolute Gasteiger partial charge is 0.261 e. The van der Waals surface area contributed by atoms with Crippen molar-refractivity contribution in [3.8, 4) is 0 Å². The highest BCUT2D eigenvalue weighted by molar-refractivity contribution is 7.92. The highest BCUT2D eigenvalue weighted by Gasteiger charge is 2.17. The zero-order valence-electron chi connectivity index (χ0n) is 13.1. The standard InChI is InChI=1S/C16H20N4O2S.ClH/c17-15-7-6-13(12-16(15)20-10-8-18-9-11-20)19-23(21,22)14-4-2-1-3-5-14;/h1-7,12,18-19H,8-11,17H2;1H. The van der Waals surface area contributed by atoms with Crippen LogP contribution in [0.15, 0.2) is 53.4 Å². The first kappa shape index (κ1) is 18.4. The summed E-state index contributed by atoms with van der Waals surface area (Å²) in [6, 6.07) is 13.5. The summed E-state index contributed by atoms with van der Waals surface area (Å²) in [6.45, 7) is 3.47. The fourth-order valence-electron chi connectivity index (χ4n) is 2.60. The van der Waals surface area contributed by atoms with Gasteiger partial charge in [-0.1, -0.05) is 18.2 Å². The molecule has 0 amide bonds. The molecule has 1 aliphatic rings. The van der Waals surface area contributed by atoms with Crippen LogP contribution in [0.4, 0.5) is 17.1 Å². The van der Waals surface area contributed by atoms with Gasteiger partial charge in [-0.25, -0.2) is 8.42 Å². The van der Waals surface area contributed by atoms with E-state index in [0.29, 0.717) is 11.4 Å². The third-order valence-electron chi connectivity index (χ3n) is 3.79. The average molecular weight is 369 g/mol. The molecule has 8 heteroatoms. The summed E-state index contributed by atoms with van der Waals surface area (Å²) in [5, 5.41) is 3.28. The van der Waals surface area contributed by atoms with Crippen LogP contribution in [0.2, 0.25) is 0 Å². The average Bonchev–Trinajstić information content (AvgIpc) is 2.58. The summed E-state index contributed by atoms with van der Waals surface area (Å²) in [6.07, 6.45) is 0. The van der Waals surface area contributed by atoms with Crippen LogP contribution in [-0.2, 0) is 10.0 Å². The van der Waals surface area contributed by atoms with Gasteiger partial charge in [-0.15, -0.1) is 12.4 Å². The summed E-state index contributed by atoms with van der Waals surface area (Å²) in [5.74, 6) is 0. The molecule has 0 aliphatic carbocycles. The quantitative estimate of drug-likeness (QED) is 0.717. The number of nitrogen functional groups attached to an aromatic ring is 1. The number of sulfonamides is 1. The van der Waals surface area contributed by atoms with E-state index >= 15 is 0 Å². The second kappa shape index (κ2) is 7.74. The number of benzene rings is 2. The zero-order chi connectivity index (χ0) is 16.3. The van der Waals surface area contributed by atoms with E-state index < -0.39 is 10.0 Å². The molecule has 1 aliphatic heterocycles. The number of hydrogen-bond acceptors (Lipinski definition) is 5. The van der Waals surface area contributed by atoms with Crippen LogP contribution in [0.3, 0.4) is 0 Å². The second-order valence-electron chi connectivity index (χ2n) is 5.43. The molecule has 1 heterocycles. The fourth-order valence-corrected chi connectivity index (χ4v) is 3.67. The number of nitrogens with two attached hydrogens (primary N) is 1. The SMILES string of the molecule is Cl.Nc1ccc(NS(=O)(=O)c2ccccc2)cc1N1CCNCC1. The van der Waals surface area contributed by atoms with Gasteiger partial charge in [0.2, 0.25) is 0 Å². The van der Waals surface area contributed by atoms with Gasteiger partial charge < -0.3 is 16.0 Å². The minimum Gasteiger partial charge on any atom is -0.397 e. The van der Waals surface area contributed by atoms with E-state index in [2.05, 4.69) is 14.9 Å². The largest absolute Gasteiger partial charge is 0.397 e. The number of piperazine rings is 1. The minimum atomic E-state index is -3.60. The second-order valence-corrected chi connectivity index (χ2v) is 7.11. The third kappa shape index (κ3) is 4.11. The summed E-state index contributed by atoms with van der Waals surface area (Å²) in [5.41, 5.74) is 8.08. The van der Waals surface area contributed by atoms with Gasteiger partial charge in [0.15, 0.2) is 0 Å². The van der Waals surface area contributed by atoms with E-state index in [1.807, 2.05) is 0 Å². The lowest BCUT2D eigenvalue weighted by molar-refractivity contribution is 0.589. The molecule has 0 radical (unpaired) electrons. The lowest BCUT2D eigenvalue weighted by atomic mass is 10.2. The maximum atomic E-state index is 12.4. The molecule has 2 aromatic carbocycles.